The first-order valence-electron chi connectivity index (χ1n) is 10.9. The van der Waals surface area contributed by atoms with Gasteiger partial charge in [-0.05, 0) is 52.7 Å². The molecule has 0 spiro atoms. The Bertz CT molecular complexity index is 1410. The zero-order valence-electron chi connectivity index (χ0n) is 18.5. The van der Waals surface area contributed by atoms with Crippen LogP contribution in [0.5, 0.6) is 0 Å². The van der Waals surface area contributed by atoms with Crippen LogP contribution >= 0.6 is 11.8 Å². The molecule has 1 amide bonds. The SMILES string of the molecule is O=C1/C(=C/c2ccccc2F)S/C(=N/N=C\c2ccc(-c3ccccc3)cc2)N1Cc1ccco1. The van der Waals surface area contributed by atoms with Crippen LogP contribution in [0.3, 0.4) is 0 Å². The van der Waals surface area contributed by atoms with Crippen molar-refractivity contribution in [1.29, 1.82) is 0 Å². The number of hydrogen-bond donors (Lipinski definition) is 0. The number of halogens is 1. The maximum Gasteiger partial charge on any atom is 0.267 e. The number of carbonyl (C=O) groups is 1. The Hall–Kier alpha value is -4.23. The summed E-state index contributed by atoms with van der Waals surface area (Å²) in [4.78, 5) is 14.9. The minimum absolute atomic E-state index is 0.202. The molecule has 172 valence electrons. The van der Waals surface area contributed by atoms with Gasteiger partial charge in [-0.2, -0.15) is 5.10 Å². The van der Waals surface area contributed by atoms with E-state index in [0.29, 0.717) is 21.4 Å². The number of nitrogens with zero attached hydrogens (tertiary/aromatic N) is 3. The Balaban J connectivity index is 1.38. The molecular weight excluding hydrogens is 461 g/mol. The number of thioether (sulfide) groups is 1. The fraction of sp³-hybridized carbons (Fsp3) is 0.0357. The lowest BCUT2D eigenvalue weighted by Crippen LogP contribution is -2.28. The van der Waals surface area contributed by atoms with Gasteiger partial charge in [0.25, 0.3) is 5.91 Å². The molecule has 0 radical (unpaired) electrons. The van der Waals surface area contributed by atoms with Gasteiger partial charge >= 0.3 is 0 Å². The summed E-state index contributed by atoms with van der Waals surface area (Å²) in [6, 6.07) is 27.9. The molecule has 2 heterocycles. The van der Waals surface area contributed by atoms with Crippen LogP contribution in [-0.4, -0.2) is 22.2 Å². The summed E-state index contributed by atoms with van der Waals surface area (Å²) in [5.41, 5.74) is 3.46. The first kappa shape index (κ1) is 22.6. The van der Waals surface area contributed by atoms with Crippen molar-refractivity contribution < 1.29 is 13.6 Å². The van der Waals surface area contributed by atoms with Gasteiger partial charge in [-0.1, -0.05) is 72.8 Å². The third-order valence-electron chi connectivity index (χ3n) is 5.34. The zero-order chi connectivity index (χ0) is 24.0. The summed E-state index contributed by atoms with van der Waals surface area (Å²) in [7, 11) is 0. The van der Waals surface area contributed by atoms with Gasteiger partial charge in [-0.25, -0.2) is 4.39 Å². The third kappa shape index (κ3) is 5.31. The molecule has 1 saturated heterocycles. The van der Waals surface area contributed by atoms with Gasteiger partial charge in [0.15, 0.2) is 5.17 Å². The Morgan fingerprint density at radius 2 is 1.63 bits per heavy atom. The van der Waals surface area contributed by atoms with Crippen LogP contribution in [-0.2, 0) is 11.3 Å². The predicted molar refractivity (Wildman–Crippen MR) is 138 cm³/mol. The minimum Gasteiger partial charge on any atom is -0.467 e. The van der Waals surface area contributed by atoms with Crippen LogP contribution in [0.25, 0.3) is 17.2 Å². The number of hydrogen-bond acceptors (Lipinski definition) is 5. The summed E-state index contributed by atoms with van der Waals surface area (Å²) in [6.45, 7) is 0.202. The second-order valence-corrected chi connectivity index (χ2v) is 8.73. The number of amidine groups is 1. The summed E-state index contributed by atoms with van der Waals surface area (Å²) in [6.07, 6.45) is 4.72. The van der Waals surface area contributed by atoms with Gasteiger partial charge in [0, 0.05) is 5.56 Å². The van der Waals surface area contributed by atoms with E-state index in [2.05, 4.69) is 22.3 Å². The fourth-order valence-corrected chi connectivity index (χ4v) is 4.48. The maximum atomic E-state index is 14.1. The molecular formula is C28H20FN3O2S. The molecule has 1 aliphatic heterocycles. The molecule has 5 rings (SSSR count). The van der Waals surface area contributed by atoms with Crippen LogP contribution in [0.4, 0.5) is 4.39 Å². The molecule has 3 aromatic carbocycles. The highest BCUT2D eigenvalue weighted by atomic mass is 32.2. The average molecular weight is 482 g/mol. The molecule has 1 aliphatic rings. The van der Waals surface area contributed by atoms with Crippen LogP contribution in [0.15, 0.2) is 117 Å². The van der Waals surface area contributed by atoms with Gasteiger partial charge in [0.2, 0.25) is 0 Å². The van der Waals surface area contributed by atoms with E-state index >= 15 is 0 Å². The fourth-order valence-electron chi connectivity index (χ4n) is 3.55. The molecule has 0 N–H and O–H groups in total. The van der Waals surface area contributed by atoms with Gasteiger partial charge in [0.1, 0.15) is 11.6 Å². The van der Waals surface area contributed by atoms with Crippen molar-refractivity contribution in [2.75, 3.05) is 0 Å². The van der Waals surface area contributed by atoms with E-state index in [1.807, 2.05) is 42.5 Å². The van der Waals surface area contributed by atoms with E-state index in [0.717, 1.165) is 28.5 Å². The van der Waals surface area contributed by atoms with Crippen molar-refractivity contribution in [3.05, 3.63) is 125 Å². The van der Waals surface area contributed by atoms with E-state index in [9.17, 15) is 9.18 Å². The van der Waals surface area contributed by atoms with Crippen molar-refractivity contribution in [3.8, 4) is 11.1 Å². The molecule has 0 saturated carbocycles. The smallest absolute Gasteiger partial charge is 0.267 e. The molecule has 4 aromatic rings. The minimum atomic E-state index is -0.395. The average Bonchev–Trinajstić information content (AvgIpc) is 3.51. The summed E-state index contributed by atoms with van der Waals surface area (Å²) in [5.74, 6) is -0.0663. The molecule has 35 heavy (non-hydrogen) atoms. The lowest BCUT2D eigenvalue weighted by atomic mass is 10.0. The summed E-state index contributed by atoms with van der Waals surface area (Å²) < 4.78 is 19.6. The maximum absolute atomic E-state index is 14.1. The van der Waals surface area contributed by atoms with E-state index < -0.39 is 5.82 Å². The van der Waals surface area contributed by atoms with Crippen LogP contribution < -0.4 is 0 Å². The van der Waals surface area contributed by atoms with Crippen LogP contribution in [0, 0.1) is 5.82 Å². The normalized spacial score (nSPS) is 16.1. The van der Waals surface area contributed by atoms with E-state index in [4.69, 9.17) is 4.42 Å². The lowest BCUT2D eigenvalue weighted by molar-refractivity contribution is -0.122. The molecule has 1 aromatic heterocycles. The summed E-state index contributed by atoms with van der Waals surface area (Å²) >= 11 is 1.15. The van der Waals surface area contributed by atoms with Crippen molar-refractivity contribution in [1.82, 2.24) is 4.90 Å². The monoisotopic (exact) mass is 481 g/mol. The van der Waals surface area contributed by atoms with E-state index in [1.165, 1.54) is 17.0 Å². The van der Waals surface area contributed by atoms with Gasteiger partial charge < -0.3 is 4.42 Å². The quantitative estimate of drug-likeness (QED) is 0.177. The molecule has 0 aliphatic carbocycles. The Morgan fingerprint density at radius 3 is 2.37 bits per heavy atom. The Morgan fingerprint density at radius 1 is 0.886 bits per heavy atom. The molecule has 0 unspecified atom stereocenters. The highest BCUT2D eigenvalue weighted by Crippen LogP contribution is 2.34. The van der Waals surface area contributed by atoms with Gasteiger partial charge in [-0.15, -0.1) is 5.10 Å². The standard InChI is InChI=1S/C28H20FN3O2S/c29-25-11-5-4-9-23(25)17-26-27(33)32(19-24-10-6-16-34-24)28(35-26)31-30-18-20-12-14-22(15-13-20)21-7-2-1-3-8-21/h1-18H,19H2/b26-17-,30-18-,31-28+. The van der Waals surface area contributed by atoms with E-state index in [1.54, 1.807) is 42.8 Å². The number of carbonyl (C=O) groups excluding carboxylic acids is 1. The number of furan rings is 1. The number of benzene rings is 3. The molecule has 7 heteroatoms. The topological polar surface area (TPSA) is 58.2 Å². The molecule has 1 fully saturated rings. The van der Waals surface area contributed by atoms with E-state index in [-0.39, 0.29) is 12.5 Å². The van der Waals surface area contributed by atoms with Crippen molar-refractivity contribution in [2.24, 2.45) is 10.2 Å². The van der Waals surface area contributed by atoms with Crippen molar-refractivity contribution >= 4 is 35.1 Å². The molecule has 0 bridgehead atoms. The predicted octanol–water partition coefficient (Wildman–Crippen LogP) is 6.59. The highest BCUT2D eigenvalue weighted by Gasteiger charge is 2.34. The number of rotatable bonds is 6. The third-order valence-corrected chi connectivity index (χ3v) is 6.34. The van der Waals surface area contributed by atoms with Crippen molar-refractivity contribution in [2.45, 2.75) is 6.54 Å². The van der Waals surface area contributed by atoms with Crippen LogP contribution in [0.1, 0.15) is 16.9 Å². The van der Waals surface area contributed by atoms with Gasteiger partial charge in [0.05, 0.1) is 23.9 Å². The molecule has 5 nitrogen and oxygen atoms in total. The Kier molecular flexibility index (Phi) is 6.68. The first-order valence-corrected chi connectivity index (χ1v) is 11.7. The van der Waals surface area contributed by atoms with Crippen molar-refractivity contribution in [3.63, 3.8) is 0 Å². The van der Waals surface area contributed by atoms with Gasteiger partial charge in [-0.3, -0.25) is 9.69 Å². The highest BCUT2D eigenvalue weighted by molar-refractivity contribution is 8.18. The lowest BCUT2D eigenvalue weighted by Gasteiger charge is -2.12. The molecule has 0 atom stereocenters. The summed E-state index contributed by atoms with van der Waals surface area (Å²) in [5, 5.41) is 8.91. The first-order chi connectivity index (χ1) is 17.2. The van der Waals surface area contributed by atoms with Crippen LogP contribution in [0.2, 0.25) is 0 Å². The second-order valence-electron chi connectivity index (χ2n) is 7.72. The zero-order valence-corrected chi connectivity index (χ0v) is 19.4. The second kappa shape index (κ2) is 10.4. The Labute approximate surface area is 206 Å². The largest absolute Gasteiger partial charge is 0.467 e. The number of amides is 1.